The molecule has 14 nitrogen and oxygen atoms in total. The van der Waals surface area contributed by atoms with Crippen LogP contribution in [0.5, 0.6) is 0 Å². The summed E-state index contributed by atoms with van der Waals surface area (Å²) in [6.45, 7) is -0.417. The minimum atomic E-state index is -1.14. The van der Waals surface area contributed by atoms with E-state index < -0.39 is 41.6 Å². The SMILES string of the molecule is CNC(=O)CNC(=O)C1Cc2cn(nn2)CC(=O)NCC(=O)N2CCCC2C(=O)CC(Cc2ccccc2)C(=O)N1. The second-order valence-corrected chi connectivity index (χ2v) is 10.1. The van der Waals surface area contributed by atoms with Gasteiger partial charge in [-0.25, -0.2) is 4.68 Å². The van der Waals surface area contributed by atoms with Crippen molar-refractivity contribution < 1.29 is 28.8 Å². The number of fused-ring (bicyclic) bond motifs is 3. The number of hydrogen-bond donors (Lipinski definition) is 4. The second-order valence-electron chi connectivity index (χ2n) is 10.1. The standard InChI is InChI=1S/C27H34N8O6/c1-28-23(37)13-30-27(41)20-12-19-15-34(33-32-19)16-24(38)29-14-25(39)35-9-5-8-21(35)22(36)11-18(26(40)31-20)10-17-6-3-2-4-7-17/h2-4,6-7,15,18,20-21H,5,8-14,16H2,1H3,(H,28,37)(H,29,38)(H,30,41)(H,31,40). The van der Waals surface area contributed by atoms with Gasteiger partial charge in [-0.3, -0.25) is 28.8 Å². The van der Waals surface area contributed by atoms with Crippen LogP contribution in [-0.4, -0.2) is 94.0 Å². The van der Waals surface area contributed by atoms with Crippen LogP contribution in [0, 0.1) is 5.92 Å². The van der Waals surface area contributed by atoms with E-state index in [1.807, 2.05) is 30.3 Å². The van der Waals surface area contributed by atoms with Crippen molar-refractivity contribution in [1.82, 2.24) is 41.2 Å². The van der Waals surface area contributed by atoms with E-state index in [1.54, 1.807) is 0 Å². The zero-order valence-corrected chi connectivity index (χ0v) is 22.8. The van der Waals surface area contributed by atoms with Gasteiger partial charge in [0.2, 0.25) is 29.5 Å². The lowest BCUT2D eigenvalue weighted by atomic mass is 9.90. The average molecular weight is 567 g/mol. The van der Waals surface area contributed by atoms with Crippen LogP contribution in [0.25, 0.3) is 0 Å². The highest BCUT2D eigenvalue weighted by molar-refractivity contribution is 5.95. The summed E-state index contributed by atoms with van der Waals surface area (Å²) >= 11 is 0. The molecule has 4 rings (SSSR count). The van der Waals surface area contributed by atoms with Crippen molar-refractivity contribution in [2.24, 2.45) is 5.92 Å². The molecule has 3 heterocycles. The first-order chi connectivity index (χ1) is 19.7. The van der Waals surface area contributed by atoms with Crippen molar-refractivity contribution in [1.29, 1.82) is 0 Å². The number of likely N-dealkylation sites (N-methyl/N-ethyl adjacent to an activating group) is 1. The second kappa shape index (κ2) is 13.6. The summed E-state index contributed by atoms with van der Waals surface area (Å²) in [5.41, 5.74) is 1.15. The monoisotopic (exact) mass is 566 g/mol. The van der Waals surface area contributed by atoms with Crippen LogP contribution in [-0.2, 0) is 48.2 Å². The minimum Gasteiger partial charge on any atom is -0.358 e. The van der Waals surface area contributed by atoms with Gasteiger partial charge >= 0.3 is 0 Å². The fraction of sp³-hybridized carbons (Fsp3) is 0.481. The maximum Gasteiger partial charge on any atom is 0.243 e. The maximum atomic E-state index is 13.7. The number of amides is 5. The smallest absolute Gasteiger partial charge is 0.243 e. The number of benzene rings is 1. The predicted molar refractivity (Wildman–Crippen MR) is 144 cm³/mol. The van der Waals surface area contributed by atoms with Crippen LogP contribution in [0.1, 0.15) is 30.5 Å². The first-order valence-corrected chi connectivity index (χ1v) is 13.5. The zero-order valence-electron chi connectivity index (χ0n) is 22.8. The molecule has 3 unspecified atom stereocenters. The molecule has 0 aliphatic carbocycles. The number of nitrogens with zero attached hydrogens (tertiary/aromatic N) is 4. The van der Waals surface area contributed by atoms with Crippen LogP contribution < -0.4 is 21.3 Å². The highest BCUT2D eigenvalue weighted by Crippen LogP contribution is 2.23. The Bertz CT molecular complexity index is 1300. The van der Waals surface area contributed by atoms with Crippen molar-refractivity contribution >= 4 is 35.3 Å². The lowest BCUT2D eigenvalue weighted by Crippen LogP contribution is -2.52. The van der Waals surface area contributed by atoms with Gasteiger partial charge in [-0.2, -0.15) is 0 Å². The van der Waals surface area contributed by atoms with E-state index in [-0.39, 0.29) is 50.6 Å². The number of hydrogen-bond acceptors (Lipinski definition) is 8. The van der Waals surface area contributed by atoms with Gasteiger partial charge in [0, 0.05) is 38.5 Å². The summed E-state index contributed by atoms with van der Waals surface area (Å²) < 4.78 is 1.26. The molecule has 4 N–H and O–H groups in total. The Morgan fingerprint density at radius 2 is 1.88 bits per heavy atom. The number of Topliss-reactive ketones (excluding diaryl/α,β-unsaturated/α-hetero) is 1. The Morgan fingerprint density at radius 3 is 2.63 bits per heavy atom. The molecule has 0 spiro atoms. The van der Waals surface area contributed by atoms with Gasteiger partial charge in [-0.1, -0.05) is 35.5 Å². The highest BCUT2D eigenvalue weighted by atomic mass is 16.2. The van der Waals surface area contributed by atoms with Crippen molar-refractivity contribution in [3.8, 4) is 0 Å². The van der Waals surface area contributed by atoms with Gasteiger partial charge in [0.25, 0.3) is 0 Å². The largest absolute Gasteiger partial charge is 0.358 e. The Labute approximate surface area is 236 Å². The first-order valence-electron chi connectivity index (χ1n) is 13.5. The summed E-state index contributed by atoms with van der Waals surface area (Å²) in [4.78, 5) is 78.8. The third-order valence-corrected chi connectivity index (χ3v) is 7.16. The zero-order chi connectivity index (χ0) is 29.4. The molecule has 14 heteroatoms. The summed E-state index contributed by atoms with van der Waals surface area (Å²) in [6.07, 6.45) is 2.56. The number of rotatable bonds is 5. The third-order valence-electron chi connectivity index (χ3n) is 7.16. The molecule has 0 radical (unpaired) electrons. The van der Waals surface area contributed by atoms with E-state index in [0.29, 0.717) is 25.1 Å². The van der Waals surface area contributed by atoms with Crippen molar-refractivity contribution in [2.75, 3.05) is 26.7 Å². The quantitative estimate of drug-likeness (QED) is 0.324. The predicted octanol–water partition coefficient (Wildman–Crippen LogP) is -1.89. The molecule has 5 amide bonds. The van der Waals surface area contributed by atoms with E-state index in [9.17, 15) is 28.8 Å². The fourth-order valence-corrected chi connectivity index (χ4v) is 5.01. The van der Waals surface area contributed by atoms with Gasteiger partial charge in [0.1, 0.15) is 12.6 Å². The average Bonchev–Trinajstić information content (AvgIpc) is 3.63. The van der Waals surface area contributed by atoms with Crippen LogP contribution >= 0.6 is 0 Å². The van der Waals surface area contributed by atoms with Crippen LogP contribution in [0.15, 0.2) is 36.5 Å². The molecule has 2 aliphatic heterocycles. The normalized spacial score (nSPS) is 22.3. The molecule has 1 aromatic heterocycles. The Balaban J connectivity index is 1.64. The topological polar surface area (TPSA) is 184 Å². The summed E-state index contributed by atoms with van der Waals surface area (Å²) in [5.74, 6) is -3.51. The molecule has 2 aromatic rings. The van der Waals surface area contributed by atoms with E-state index >= 15 is 0 Å². The van der Waals surface area contributed by atoms with Crippen LogP contribution in [0.3, 0.4) is 0 Å². The minimum absolute atomic E-state index is 0.0756. The van der Waals surface area contributed by atoms with Gasteiger partial charge in [0.15, 0.2) is 5.78 Å². The van der Waals surface area contributed by atoms with E-state index in [1.165, 1.54) is 22.8 Å². The van der Waals surface area contributed by atoms with Gasteiger partial charge in [0.05, 0.1) is 24.8 Å². The Kier molecular flexibility index (Phi) is 9.77. The first kappa shape index (κ1) is 29.4. The molecular formula is C27H34N8O6. The van der Waals surface area contributed by atoms with Gasteiger partial charge in [-0.05, 0) is 24.8 Å². The van der Waals surface area contributed by atoms with Gasteiger partial charge < -0.3 is 26.2 Å². The molecular weight excluding hydrogens is 532 g/mol. The lowest BCUT2D eigenvalue weighted by molar-refractivity contribution is -0.139. The number of ketones is 1. The van der Waals surface area contributed by atoms with Crippen molar-refractivity contribution in [3.63, 3.8) is 0 Å². The molecule has 2 bridgehead atoms. The highest BCUT2D eigenvalue weighted by Gasteiger charge is 2.37. The van der Waals surface area contributed by atoms with Crippen LogP contribution in [0.4, 0.5) is 0 Å². The molecule has 1 saturated heterocycles. The number of aromatic nitrogens is 3. The molecule has 2 aliphatic rings. The van der Waals surface area contributed by atoms with Crippen LogP contribution in [0.2, 0.25) is 0 Å². The molecule has 1 fully saturated rings. The number of carbonyl (C=O) groups is 6. The van der Waals surface area contributed by atoms with E-state index in [4.69, 9.17) is 0 Å². The fourth-order valence-electron chi connectivity index (χ4n) is 5.01. The van der Waals surface area contributed by atoms with E-state index in [0.717, 1.165) is 5.56 Å². The summed E-state index contributed by atoms with van der Waals surface area (Å²) in [7, 11) is 1.43. The lowest BCUT2D eigenvalue weighted by Gasteiger charge is -2.26. The van der Waals surface area contributed by atoms with E-state index in [2.05, 4.69) is 31.6 Å². The third kappa shape index (κ3) is 7.96. The Morgan fingerprint density at radius 1 is 1.10 bits per heavy atom. The van der Waals surface area contributed by atoms with Crippen molar-refractivity contribution in [3.05, 3.63) is 47.8 Å². The molecule has 1 aromatic carbocycles. The Hall–Kier alpha value is -4.62. The number of nitrogens with one attached hydrogen (secondary N) is 4. The molecule has 218 valence electrons. The summed E-state index contributed by atoms with van der Waals surface area (Å²) in [6, 6.07) is 7.36. The number of carbonyl (C=O) groups excluding carboxylic acids is 6. The van der Waals surface area contributed by atoms with Gasteiger partial charge in [-0.15, -0.1) is 5.10 Å². The molecule has 41 heavy (non-hydrogen) atoms. The molecule has 0 saturated carbocycles. The summed E-state index contributed by atoms with van der Waals surface area (Å²) in [5, 5.41) is 18.2. The van der Waals surface area contributed by atoms with Crippen molar-refractivity contribution in [2.45, 2.75) is 50.7 Å². The molecule has 3 atom stereocenters. The maximum absolute atomic E-state index is 13.7.